The van der Waals surface area contributed by atoms with E-state index in [1.54, 1.807) is 21.3 Å². The number of hydrogen-bond donors (Lipinski definition) is 1. The Morgan fingerprint density at radius 2 is 1.71 bits per heavy atom. The van der Waals surface area contributed by atoms with Gasteiger partial charge in [-0.2, -0.15) is 0 Å². The fraction of sp³-hybridized carbons (Fsp3) is 0.318. The fourth-order valence-corrected chi connectivity index (χ4v) is 3.80. The van der Waals surface area contributed by atoms with Gasteiger partial charge in [0.1, 0.15) is 0 Å². The summed E-state index contributed by atoms with van der Waals surface area (Å²) in [6.45, 7) is 3.96. The average Bonchev–Trinajstić information content (AvgIpc) is 3.13. The minimum Gasteiger partial charge on any atom is -0.493 e. The van der Waals surface area contributed by atoms with Crippen molar-refractivity contribution in [3.63, 3.8) is 0 Å². The molecular weight excluding hydrogens is 416 g/mol. The summed E-state index contributed by atoms with van der Waals surface area (Å²) in [6.07, 6.45) is 0. The first-order valence-corrected chi connectivity index (χ1v) is 10.6. The highest BCUT2D eigenvalue weighted by atomic mass is 32.2. The van der Waals surface area contributed by atoms with E-state index in [4.69, 9.17) is 14.2 Å². The molecule has 0 spiro atoms. The lowest BCUT2D eigenvalue weighted by atomic mass is 10.1. The third kappa shape index (κ3) is 4.93. The van der Waals surface area contributed by atoms with Crippen molar-refractivity contribution in [3.8, 4) is 28.6 Å². The molecule has 8 nitrogen and oxygen atoms in total. The van der Waals surface area contributed by atoms with Crippen molar-refractivity contribution in [3.05, 3.63) is 41.5 Å². The zero-order valence-electron chi connectivity index (χ0n) is 18.5. The Kier molecular flexibility index (Phi) is 7.06. The summed E-state index contributed by atoms with van der Waals surface area (Å²) >= 11 is 1.32. The van der Waals surface area contributed by atoms with Gasteiger partial charge in [0.2, 0.25) is 11.7 Å². The number of carbonyl (C=O) groups excluding carboxylic acids is 1. The second-order valence-electron chi connectivity index (χ2n) is 6.93. The number of nitrogens with zero attached hydrogens (tertiary/aromatic N) is 3. The third-order valence-electron chi connectivity index (χ3n) is 4.76. The molecule has 0 aliphatic heterocycles. The number of ether oxygens (including phenoxy) is 3. The molecule has 164 valence electrons. The zero-order chi connectivity index (χ0) is 22.5. The summed E-state index contributed by atoms with van der Waals surface area (Å²) in [5.41, 5.74) is 3.70. The van der Waals surface area contributed by atoms with Gasteiger partial charge in [-0.1, -0.05) is 23.9 Å². The van der Waals surface area contributed by atoms with Gasteiger partial charge in [-0.05, 0) is 43.2 Å². The van der Waals surface area contributed by atoms with Gasteiger partial charge in [0.05, 0.1) is 27.1 Å². The lowest BCUT2D eigenvalue weighted by Crippen LogP contribution is -2.15. The summed E-state index contributed by atoms with van der Waals surface area (Å²) < 4.78 is 18.0. The Bertz CT molecular complexity index is 1070. The molecule has 3 rings (SSSR count). The van der Waals surface area contributed by atoms with Crippen molar-refractivity contribution >= 4 is 23.4 Å². The number of rotatable bonds is 8. The van der Waals surface area contributed by atoms with Crippen molar-refractivity contribution in [2.75, 3.05) is 32.4 Å². The molecule has 3 aromatic rings. The number of methoxy groups -OCH3 is 3. The Hall–Kier alpha value is -3.20. The van der Waals surface area contributed by atoms with Gasteiger partial charge in [-0.25, -0.2) is 0 Å². The van der Waals surface area contributed by atoms with Crippen LogP contribution >= 0.6 is 11.8 Å². The monoisotopic (exact) mass is 442 g/mol. The molecule has 0 saturated carbocycles. The first-order valence-electron chi connectivity index (χ1n) is 9.57. The number of benzene rings is 2. The number of nitrogens with one attached hydrogen (secondary N) is 1. The van der Waals surface area contributed by atoms with E-state index in [0.29, 0.717) is 28.2 Å². The van der Waals surface area contributed by atoms with Crippen molar-refractivity contribution in [2.45, 2.75) is 19.0 Å². The molecule has 1 N–H and O–H groups in total. The summed E-state index contributed by atoms with van der Waals surface area (Å²) in [5.74, 6) is 2.31. The van der Waals surface area contributed by atoms with E-state index in [9.17, 15) is 4.79 Å². The standard InChI is InChI=1S/C22H26N4O4S/c1-13-7-8-14(2)16(9-13)23-19(27)12-31-22-25-24-21(26(22)3)15-10-17(28-4)20(30-6)18(11-15)29-5/h7-11H,12H2,1-6H3,(H,23,27). The van der Waals surface area contributed by atoms with Crippen LogP contribution < -0.4 is 19.5 Å². The maximum atomic E-state index is 12.4. The highest BCUT2D eigenvalue weighted by Crippen LogP contribution is 2.41. The predicted molar refractivity (Wildman–Crippen MR) is 121 cm³/mol. The van der Waals surface area contributed by atoms with Crippen molar-refractivity contribution < 1.29 is 19.0 Å². The van der Waals surface area contributed by atoms with E-state index in [0.717, 1.165) is 22.4 Å². The normalized spacial score (nSPS) is 10.6. The molecule has 0 unspecified atom stereocenters. The maximum absolute atomic E-state index is 12.4. The zero-order valence-corrected chi connectivity index (χ0v) is 19.3. The molecule has 0 aliphatic carbocycles. The van der Waals surface area contributed by atoms with Crippen LogP contribution in [0.25, 0.3) is 11.4 Å². The molecule has 1 aromatic heterocycles. The first kappa shape index (κ1) is 22.5. The number of carbonyl (C=O) groups is 1. The summed E-state index contributed by atoms with van der Waals surface area (Å²) in [5, 5.41) is 12.1. The minimum atomic E-state index is -0.101. The Balaban J connectivity index is 1.76. The van der Waals surface area contributed by atoms with Crippen LogP contribution in [0.1, 0.15) is 11.1 Å². The number of amides is 1. The fourth-order valence-electron chi connectivity index (χ4n) is 3.09. The predicted octanol–water partition coefficient (Wildman–Crippen LogP) is 3.86. The number of aromatic nitrogens is 3. The van der Waals surface area contributed by atoms with Gasteiger partial charge < -0.3 is 24.1 Å². The second kappa shape index (κ2) is 9.74. The number of thioether (sulfide) groups is 1. The maximum Gasteiger partial charge on any atom is 0.234 e. The summed E-state index contributed by atoms with van der Waals surface area (Å²) in [7, 11) is 6.53. The van der Waals surface area contributed by atoms with Crippen molar-refractivity contribution in [1.29, 1.82) is 0 Å². The highest BCUT2D eigenvalue weighted by molar-refractivity contribution is 7.99. The van der Waals surface area contributed by atoms with Gasteiger partial charge in [0.15, 0.2) is 22.5 Å². The van der Waals surface area contributed by atoms with Gasteiger partial charge in [-0.3, -0.25) is 4.79 Å². The van der Waals surface area contributed by atoms with E-state index >= 15 is 0 Å². The van der Waals surface area contributed by atoms with E-state index in [-0.39, 0.29) is 11.7 Å². The van der Waals surface area contributed by atoms with Crippen LogP contribution in [0.2, 0.25) is 0 Å². The molecule has 1 amide bonds. The molecule has 0 radical (unpaired) electrons. The van der Waals surface area contributed by atoms with E-state index in [2.05, 4.69) is 15.5 Å². The van der Waals surface area contributed by atoms with Crippen molar-refractivity contribution in [2.24, 2.45) is 7.05 Å². The Labute approximate surface area is 185 Å². The van der Waals surface area contributed by atoms with Crippen LogP contribution in [0, 0.1) is 13.8 Å². The lowest BCUT2D eigenvalue weighted by molar-refractivity contribution is -0.113. The van der Waals surface area contributed by atoms with E-state index in [1.807, 2.05) is 55.8 Å². The third-order valence-corrected chi connectivity index (χ3v) is 5.78. The van der Waals surface area contributed by atoms with Crippen LogP contribution in [-0.4, -0.2) is 47.8 Å². The SMILES string of the molecule is COc1cc(-c2nnc(SCC(=O)Nc3cc(C)ccc3C)n2C)cc(OC)c1OC. The quantitative estimate of drug-likeness (QED) is 0.530. The Morgan fingerprint density at radius 1 is 1.03 bits per heavy atom. The molecule has 0 bridgehead atoms. The lowest BCUT2D eigenvalue weighted by Gasteiger charge is -2.14. The Morgan fingerprint density at radius 3 is 2.32 bits per heavy atom. The van der Waals surface area contributed by atoms with Crippen LogP contribution in [0.4, 0.5) is 5.69 Å². The van der Waals surface area contributed by atoms with Gasteiger partial charge in [0.25, 0.3) is 0 Å². The van der Waals surface area contributed by atoms with Gasteiger partial charge in [0, 0.05) is 18.3 Å². The second-order valence-corrected chi connectivity index (χ2v) is 7.88. The summed E-state index contributed by atoms with van der Waals surface area (Å²) in [4.78, 5) is 12.4. The van der Waals surface area contributed by atoms with Crippen LogP contribution in [0.15, 0.2) is 35.5 Å². The van der Waals surface area contributed by atoms with Crippen LogP contribution in [0.5, 0.6) is 17.2 Å². The number of anilines is 1. The molecule has 0 atom stereocenters. The minimum absolute atomic E-state index is 0.101. The molecule has 0 fully saturated rings. The van der Waals surface area contributed by atoms with Gasteiger partial charge in [-0.15, -0.1) is 10.2 Å². The molecule has 9 heteroatoms. The molecule has 2 aromatic carbocycles. The molecule has 0 saturated heterocycles. The van der Waals surface area contributed by atoms with E-state index < -0.39 is 0 Å². The summed E-state index contributed by atoms with van der Waals surface area (Å²) in [6, 6.07) is 9.59. The largest absolute Gasteiger partial charge is 0.493 e. The van der Waals surface area contributed by atoms with Gasteiger partial charge >= 0.3 is 0 Å². The highest BCUT2D eigenvalue weighted by Gasteiger charge is 2.19. The number of hydrogen-bond acceptors (Lipinski definition) is 7. The topological polar surface area (TPSA) is 87.5 Å². The molecule has 1 heterocycles. The first-order chi connectivity index (χ1) is 14.9. The van der Waals surface area contributed by atoms with Crippen LogP contribution in [0.3, 0.4) is 0 Å². The van der Waals surface area contributed by atoms with E-state index in [1.165, 1.54) is 11.8 Å². The average molecular weight is 443 g/mol. The molecule has 0 aliphatic rings. The van der Waals surface area contributed by atoms with Crippen LogP contribution in [-0.2, 0) is 11.8 Å². The smallest absolute Gasteiger partial charge is 0.234 e. The molecular formula is C22H26N4O4S. The van der Waals surface area contributed by atoms with Crippen molar-refractivity contribution in [1.82, 2.24) is 14.8 Å². The molecule has 31 heavy (non-hydrogen) atoms. The number of aryl methyl sites for hydroxylation is 2.